The van der Waals surface area contributed by atoms with Crippen LogP contribution < -0.4 is 10.6 Å². The van der Waals surface area contributed by atoms with Gasteiger partial charge in [-0.2, -0.15) is 5.26 Å². The standard InChI is InChI=1S/C14H10ClN3OS/c15-12-3-1-2-4-13(12)18-14(19)17-10-5-7-11(8-6-10)20-9-16/h1-8H,(H2,17,18,19). The first-order valence-corrected chi connectivity index (χ1v) is 6.87. The van der Waals surface area contributed by atoms with Crippen molar-refractivity contribution >= 4 is 40.8 Å². The molecule has 0 fully saturated rings. The molecule has 20 heavy (non-hydrogen) atoms. The molecule has 6 heteroatoms. The molecule has 0 aliphatic carbocycles. The lowest BCUT2D eigenvalue weighted by Crippen LogP contribution is -2.19. The number of anilines is 2. The van der Waals surface area contributed by atoms with Crippen molar-refractivity contribution in [2.45, 2.75) is 4.90 Å². The number of nitrogens with one attached hydrogen (secondary N) is 2. The van der Waals surface area contributed by atoms with Crippen molar-refractivity contribution in [2.24, 2.45) is 0 Å². The molecule has 0 aliphatic rings. The van der Waals surface area contributed by atoms with Gasteiger partial charge in [-0.05, 0) is 48.2 Å². The number of para-hydroxylation sites is 1. The molecule has 0 heterocycles. The van der Waals surface area contributed by atoms with E-state index in [0.717, 1.165) is 16.7 Å². The molecular formula is C14H10ClN3OS. The minimum absolute atomic E-state index is 0.376. The molecule has 0 atom stereocenters. The van der Waals surface area contributed by atoms with Gasteiger partial charge in [0.05, 0.1) is 10.7 Å². The Hall–Kier alpha value is -2.16. The monoisotopic (exact) mass is 303 g/mol. The molecule has 2 aromatic carbocycles. The molecular weight excluding hydrogens is 294 g/mol. The SMILES string of the molecule is N#CSc1ccc(NC(=O)Nc2ccccc2Cl)cc1. The van der Waals surface area contributed by atoms with Crippen LogP contribution in [0.4, 0.5) is 16.2 Å². The van der Waals surface area contributed by atoms with Crippen LogP contribution in [-0.2, 0) is 0 Å². The Morgan fingerprint density at radius 1 is 1.10 bits per heavy atom. The van der Waals surface area contributed by atoms with Gasteiger partial charge in [0, 0.05) is 10.6 Å². The summed E-state index contributed by atoms with van der Waals surface area (Å²) in [5, 5.41) is 16.4. The van der Waals surface area contributed by atoms with Gasteiger partial charge in [0.2, 0.25) is 0 Å². The number of thiocyanates is 1. The fourth-order valence-corrected chi connectivity index (χ4v) is 2.07. The van der Waals surface area contributed by atoms with E-state index in [1.807, 2.05) is 5.40 Å². The highest BCUT2D eigenvalue weighted by Crippen LogP contribution is 2.21. The Kier molecular flexibility index (Phi) is 4.88. The number of rotatable bonds is 3. The van der Waals surface area contributed by atoms with Crippen molar-refractivity contribution in [3.8, 4) is 5.40 Å². The van der Waals surface area contributed by atoms with E-state index >= 15 is 0 Å². The van der Waals surface area contributed by atoms with Crippen LogP contribution in [0, 0.1) is 10.7 Å². The minimum atomic E-state index is -0.376. The van der Waals surface area contributed by atoms with Crippen molar-refractivity contribution in [3.05, 3.63) is 53.6 Å². The van der Waals surface area contributed by atoms with E-state index in [0.29, 0.717) is 16.4 Å². The fraction of sp³-hybridized carbons (Fsp3) is 0. The highest BCUT2D eigenvalue weighted by Gasteiger charge is 2.05. The number of halogens is 1. The molecule has 0 saturated carbocycles. The van der Waals surface area contributed by atoms with Gasteiger partial charge in [-0.25, -0.2) is 4.79 Å². The second-order valence-electron chi connectivity index (χ2n) is 3.78. The average molecular weight is 304 g/mol. The molecule has 2 rings (SSSR count). The molecule has 0 aliphatic heterocycles. The lowest BCUT2D eigenvalue weighted by Gasteiger charge is -2.09. The van der Waals surface area contributed by atoms with Crippen LogP contribution in [0.15, 0.2) is 53.4 Å². The zero-order chi connectivity index (χ0) is 14.4. The van der Waals surface area contributed by atoms with Crippen LogP contribution >= 0.6 is 23.4 Å². The van der Waals surface area contributed by atoms with Gasteiger partial charge in [0.15, 0.2) is 0 Å². The van der Waals surface area contributed by atoms with Crippen LogP contribution in [-0.4, -0.2) is 6.03 Å². The summed E-state index contributed by atoms with van der Waals surface area (Å²) < 4.78 is 0. The largest absolute Gasteiger partial charge is 0.323 e. The van der Waals surface area contributed by atoms with Crippen molar-refractivity contribution < 1.29 is 4.79 Å². The van der Waals surface area contributed by atoms with E-state index in [-0.39, 0.29) is 6.03 Å². The smallest absolute Gasteiger partial charge is 0.308 e. The van der Waals surface area contributed by atoms with Gasteiger partial charge in [-0.3, -0.25) is 0 Å². The number of carbonyl (C=O) groups excluding carboxylic acids is 1. The molecule has 100 valence electrons. The number of amides is 2. The third-order valence-corrected chi connectivity index (χ3v) is 3.33. The lowest BCUT2D eigenvalue weighted by molar-refractivity contribution is 0.262. The number of hydrogen-bond donors (Lipinski definition) is 2. The van der Waals surface area contributed by atoms with Crippen molar-refractivity contribution in [3.63, 3.8) is 0 Å². The zero-order valence-corrected chi connectivity index (χ0v) is 11.8. The summed E-state index contributed by atoms with van der Waals surface area (Å²) in [5.74, 6) is 0. The third kappa shape index (κ3) is 3.92. The summed E-state index contributed by atoms with van der Waals surface area (Å²) in [6.45, 7) is 0. The Balaban J connectivity index is 1.98. The van der Waals surface area contributed by atoms with Gasteiger partial charge in [-0.1, -0.05) is 23.7 Å². The molecule has 2 amide bonds. The van der Waals surface area contributed by atoms with Gasteiger partial charge >= 0.3 is 6.03 Å². The number of hydrogen-bond acceptors (Lipinski definition) is 3. The topological polar surface area (TPSA) is 64.9 Å². The van der Waals surface area contributed by atoms with E-state index in [1.54, 1.807) is 48.5 Å². The Morgan fingerprint density at radius 3 is 2.45 bits per heavy atom. The van der Waals surface area contributed by atoms with Crippen LogP contribution in [0.25, 0.3) is 0 Å². The molecule has 0 spiro atoms. The van der Waals surface area contributed by atoms with Crippen LogP contribution in [0.1, 0.15) is 0 Å². The molecule has 2 aromatic rings. The molecule has 0 aromatic heterocycles. The quantitative estimate of drug-likeness (QED) is 0.645. The number of thioether (sulfide) groups is 1. The summed E-state index contributed by atoms with van der Waals surface area (Å²) in [7, 11) is 0. The number of urea groups is 1. The number of carbonyl (C=O) groups is 1. The van der Waals surface area contributed by atoms with E-state index in [2.05, 4.69) is 10.6 Å². The number of benzene rings is 2. The maximum atomic E-state index is 11.8. The maximum Gasteiger partial charge on any atom is 0.323 e. The van der Waals surface area contributed by atoms with Crippen molar-refractivity contribution in [2.75, 3.05) is 10.6 Å². The average Bonchev–Trinajstić information content (AvgIpc) is 2.44. The Morgan fingerprint density at radius 2 is 1.80 bits per heavy atom. The molecule has 0 bridgehead atoms. The number of nitrogens with zero attached hydrogens (tertiary/aromatic N) is 1. The van der Waals surface area contributed by atoms with Crippen molar-refractivity contribution in [1.82, 2.24) is 0 Å². The molecule has 4 nitrogen and oxygen atoms in total. The lowest BCUT2D eigenvalue weighted by atomic mass is 10.3. The van der Waals surface area contributed by atoms with E-state index < -0.39 is 0 Å². The van der Waals surface area contributed by atoms with Crippen LogP contribution in [0.3, 0.4) is 0 Å². The summed E-state index contributed by atoms with van der Waals surface area (Å²) >= 11 is 7.02. The van der Waals surface area contributed by atoms with Crippen molar-refractivity contribution in [1.29, 1.82) is 5.26 Å². The van der Waals surface area contributed by atoms with E-state index in [1.165, 1.54) is 0 Å². The normalized spacial score (nSPS) is 9.60. The van der Waals surface area contributed by atoms with Gasteiger partial charge in [0.25, 0.3) is 0 Å². The van der Waals surface area contributed by atoms with Gasteiger partial charge in [-0.15, -0.1) is 0 Å². The highest BCUT2D eigenvalue weighted by atomic mass is 35.5. The summed E-state index contributed by atoms with van der Waals surface area (Å²) in [6, 6.07) is 13.6. The molecule has 2 N–H and O–H groups in total. The van der Waals surface area contributed by atoms with Crippen LogP contribution in [0.2, 0.25) is 5.02 Å². The van der Waals surface area contributed by atoms with Crippen LogP contribution in [0.5, 0.6) is 0 Å². The first kappa shape index (κ1) is 14.3. The first-order valence-electron chi connectivity index (χ1n) is 5.67. The fourth-order valence-electron chi connectivity index (χ4n) is 1.51. The van der Waals surface area contributed by atoms with Gasteiger partial charge < -0.3 is 10.6 Å². The van der Waals surface area contributed by atoms with Gasteiger partial charge in [0.1, 0.15) is 5.40 Å². The molecule has 0 radical (unpaired) electrons. The third-order valence-electron chi connectivity index (χ3n) is 2.40. The zero-order valence-electron chi connectivity index (χ0n) is 10.3. The molecule has 0 saturated heterocycles. The predicted octanol–water partition coefficient (Wildman–Crippen LogP) is 4.56. The molecule has 0 unspecified atom stereocenters. The summed E-state index contributed by atoms with van der Waals surface area (Å²) in [6.07, 6.45) is 0. The maximum absolute atomic E-state index is 11.8. The second kappa shape index (κ2) is 6.85. The Labute approximate surface area is 125 Å². The summed E-state index contributed by atoms with van der Waals surface area (Å²) in [4.78, 5) is 12.6. The highest BCUT2D eigenvalue weighted by molar-refractivity contribution is 8.03. The predicted molar refractivity (Wildman–Crippen MR) is 82.0 cm³/mol. The minimum Gasteiger partial charge on any atom is -0.308 e. The van der Waals surface area contributed by atoms with E-state index in [4.69, 9.17) is 16.9 Å². The van der Waals surface area contributed by atoms with E-state index in [9.17, 15) is 4.79 Å². The summed E-state index contributed by atoms with van der Waals surface area (Å²) in [5.41, 5.74) is 1.18. The number of nitriles is 1. The first-order chi connectivity index (χ1) is 9.69. The Bertz CT molecular complexity index is 652. The second-order valence-corrected chi connectivity index (χ2v) is 5.04.